The maximum atomic E-state index is 4.68. The predicted octanol–water partition coefficient (Wildman–Crippen LogP) is 1.55. The van der Waals surface area contributed by atoms with Crippen molar-refractivity contribution in [3.05, 3.63) is 0 Å². The molecule has 0 aromatic carbocycles. The topological polar surface area (TPSA) is 27.6 Å². The number of likely N-dealkylation sites (tertiary alicyclic amines) is 1. The van der Waals surface area contributed by atoms with Crippen LogP contribution < -0.4 is 5.32 Å². The third-order valence-electron chi connectivity index (χ3n) is 3.36. The van der Waals surface area contributed by atoms with Gasteiger partial charge in [-0.3, -0.25) is 4.99 Å². The SMILES string of the molecule is CCC1CSC(=NCC2CCCN2C)N1. The molecule has 2 aliphatic heterocycles. The fourth-order valence-electron chi connectivity index (χ4n) is 2.15. The van der Waals surface area contributed by atoms with Crippen molar-refractivity contribution in [2.45, 2.75) is 38.3 Å². The molecule has 0 aromatic rings. The Morgan fingerprint density at radius 2 is 2.47 bits per heavy atom. The van der Waals surface area contributed by atoms with Crippen LogP contribution in [0.5, 0.6) is 0 Å². The normalized spacial score (nSPS) is 34.9. The zero-order valence-electron chi connectivity index (χ0n) is 9.70. The fourth-order valence-corrected chi connectivity index (χ4v) is 3.24. The molecule has 2 atom stereocenters. The summed E-state index contributed by atoms with van der Waals surface area (Å²) in [5.41, 5.74) is 0. The average molecular weight is 227 g/mol. The Morgan fingerprint density at radius 3 is 3.07 bits per heavy atom. The van der Waals surface area contributed by atoms with Gasteiger partial charge in [0.1, 0.15) is 0 Å². The molecule has 2 fully saturated rings. The van der Waals surface area contributed by atoms with Crippen molar-refractivity contribution in [3.8, 4) is 0 Å². The first-order valence-electron chi connectivity index (χ1n) is 5.93. The van der Waals surface area contributed by atoms with E-state index >= 15 is 0 Å². The second-order valence-electron chi connectivity index (χ2n) is 4.48. The molecule has 2 unspecified atom stereocenters. The van der Waals surface area contributed by atoms with Gasteiger partial charge in [-0.2, -0.15) is 0 Å². The molecule has 0 aromatic heterocycles. The molecule has 15 heavy (non-hydrogen) atoms. The van der Waals surface area contributed by atoms with Gasteiger partial charge in [0.25, 0.3) is 0 Å². The number of likely N-dealkylation sites (N-methyl/N-ethyl adjacent to an activating group) is 1. The van der Waals surface area contributed by atoms with Crippen LogP contribution in [0.25, 0.3) is 0 Å². The van der Waals surface area contributed by atoms with Crippen LogP contribution in [0.4, 0.5) is 0 Å². The molecule has 3 nitrogen and oxygen atoms in total. The fraction of sp³-hybridized carbons (Fsp3) is 0.909. The number of amidine groups is 1. The summed E-state index contributed by atoms with van der Waals surface area (Å²) in [5.74, 6) is 1.19. The molecule has 0 spiro atoms. The van der Waals surface area contributed by atoms with Gasteiger partial charge < -0.3 is 10.2 Å². The highest BCUT2D eigenvalue weighted by molar-refractivity contribution is 8.14. The van der Waals surface area contributed by atoms with Crippen molar-refractivity contribution in [2.75, 3.05) is 25.9 Å². The minimum Gasteiger partial charge on any atom is -0.361 e. The van der Waals surface area contributed by atoms with Gasteiger partial charge in [-0.1, -0.05) is 18.7 Å². The Labute approximate surface area is 96.7 Å². The van der Waals surface area contributed by atoms with E-state index in [0.29, 0.717) is 12.1 Å². The Morgan fingerprint density at radius 1 is 1.60 bits per heavy atom. The summed E-state index contributed by atoms with van der Waals surface area (Å²) in [5, 5.41) is 4.64. The summed E-state index contributed by atoms with van der Waals surface area (Å²) in [6.07, 6.45) is 3.86. The zero-order valence-corrected chi connectivity index (χ0v) is 10.5. The highest BCUT2D eigenvalue weighted by atomic mass is 32.2. The molecule has 0 aliphatic carbocycles. The highest BCUT2D eigenvalue weighted by Crippen LogP contribution is 2.18. The highest BCUT2D eigenvalue weighted by Gasteiger charge is 2.22. The number of aliphatic imine (C=N–C) groups is 1. The summed E-state index contributed by atoms with van der Waals surface area (Å²) in [4.78, 5) is 7.11. The van der Waals surface area contributed by atoms with Crippen molar-refractivity contribution in [3.63, 3.8) is 0 Å². The Balaban J connectivity index is 1.79. The molecule has 4 heteroatoms. The van der Waals surface area contributed by atoms with Gasteiger partial charge in [0.15, 0.2) is 5.17 Å². The van der Waals surface area contributed by atoms with E-state index in [1.807, 2.05) is 11.8 Å². The van der Waals surface area contributed by atoms with Gasteiger partial charge in [0.05, 0.1) is 6.54 Å². The first-order valence-corrected chi connectivity index (χ1v) is 6.92. The lowest BCUT2D eigenvalue weighted by molar-refractivity contribution is 0.317. The van der Waals surface area contributed by atoms with E-state index in [-0.39, 0.29) is 0 Å². The van der Waals surface area contributed by atoms with E-state index in [9.17, 15) is 0 Å². The van der Waals surface area contributed by atoms with Crippen molar-refractivity contribution >= 4 is 16.9 Å². The van der Waals surface area contributed by atoms with Gasteiger partial charge in [-0.15, -0.1) is 0 Å². The zero-order chi connectivity index (χ0) is 10.7. The van der Waals surface area contributed by atoms with Crippen molar-refractivity contribution in [1.82, 2.24) is 10.2 Å². The molecule has 0 saturated carbocycles. The van der Waals surface area contributed by atoms with Crippen LogP contribution >= 0.6 is 11.8 Å². The van der Waals surface area contributed by atoms with E-state index in [2.05, 4.69) is 29.2 Å². The Bertz CT molecular complexity index is 242. The molecule has 0 radical (unpaired) electrons. The van der Waals surface area contributed by atoms with Gasteiger partial charge in [-0.05, 0) is 32.9 Å². The minimum atomic E-state index is 0.648. The molecule has 0 amide bonds. The maximum absolute atomic E-state index is 4.68. The number of hydrogen-bond acceptors (Lipinski definition) is 3. The van der Waals surface area contributed by atoms with E-state index in [4.69, 9.17) is 0 Å². The number of rotatable bonds is 3. The van der Waals surface area contributed by atoms with E-state index in [0.717, 1.165) is 6.54 Å². The van der Waals surface area contributed by atoms with Crippen LogP contribution in [0.2, 0.25) is 0 Å². The lowest BCUT2D eigenvalue weighted by atomic mass is 10.2. The van der Waals surface area contributed by atoms with Crippen LogP contribution in [0.15, 0.2) is 4.99 Å². The molecule has 2 saturated heterocycles. The van der Waals surface area contributed by atoms with Gasteiger partial charge in [0.2, 0.25) is 0 Å². The summed E-state index contributed by atoms with van der Waals surface area (Å²) in [6, 6.07) is 1.33. The summed E-state index contributed by atoms with van der Waals surface area (Å²) in [6.45, 7) is 4.45. The van der Waals surface area contributed by atoms with Crippen LogP contribution in [0, 0.1) is 0 Å². The monoisotopic (exact) mass is 227 g/mol. The first kappa shape index (κ1) is 11.3. The van der Waals surface area contributed by atoms with Crippen molar-refractivity contribution in [2.24, 2.45) is 4.99 Å². The lowest BCUT2D eigenvalue weighted by Gasteiger charge is -2.17. The van der Waals surface area contributed by atoms with Crippen molar-refractivity contribution < 1.29 is 0 Å². The summed E-state index contributed by atoms with van der Waals surface area (Å²) >= 11 is 1.88. The maximum Gasteiger partial charge on any atom is 0.156 e. The predicted molar refractivity (Wildman–Crippen MR) is 67.6 cm³/mol. The second-order valence-corrected chi connectivity index (χ2v) is 5.49. The van der Waals surface area contributed by atoms with Gasteiger partial charge in [0, 0.05) is 17.8 Å². The lowest BCUT2D eigenvalue weighted by Crippen LogP contribution is -2.30. The number of thioether (sulfide) groups is 1. The Hall–Kier alpha value is -0.220. The number of nitrogens with one attached hydrogen (secondary N) is 1. The van der Waals surface area contributed by atoms with E-state index in [1.54, 1.807) is 0 Å². The Kier molecular flexibility index (Phi) is 3.92. The third kappa shape index (κ3) is 2.88. The van der Waals surface area contributed by atoms with Crippen LogP contribution in [0.3, 0.4) is 0 Å². The molecular formula is C11H21N3S. The number of hydrogen-bond donors (Lipinski definition) is 1. The molecule has 1 N–H and O–H groups in total. The van der Waals surface area contributed by atoms with Crippen molar-refractivity contribution in [1.29, 1.82) is 0 Å². The van der Waals surface area contributed by atoms with Gasteiger partial charge in [-0.25, -0.2) is 0 Å². The van der Waals surface area contributed by atoms with E-state index in [1.165, 1.54) is 36.7 Å². The largest absolute Gasteiger partial charge is 0.361 e. The molecular weight excluding hydrogens is 206 g/mol. The average Bonchev–Trinajstić information content (AvgIpc) is 2.84. The molecule has 2 heterocycles. The summed E-state index contributed by atoms with van der Waals surface area (Å²) in [7, 11) is 2.21. The minimum absolute atomic E-state index is 0.648. The van der Waals surface area contributed by atoms with Crippen LogP contribution in [-0.2, 0) is 0 Å². The second kappa shape index (κ2) is 5.21. The standard InChI is InChI=1S/C11H21N3S/c1-3-9-8-15-11(13-9)12-7-10-5-4-6-14(10)2/h9-10H,3-8H2,1-2H3,(H,12,13). The molecule has 86 valence electrons. The summed E-state index contributed by atoms with van der Waals surface area (Å²) < 4.78 is 0. The van der Waals surface area contributed by atoms with Gasteiger partial charge >= 0.3 is 0 Å². The molecule has 2 aliphatic rings. The van der Waals surface area contributed by atoms with Crippen LogP contribution in [-0.4, -0.2) is 48.0 Å². The van der Waals surface area contributed by atoms with E-state index < -0.39 is 0 Å². The molecule has 2 rings (SSSR count). The first-order chi connectivity index (χ1) is 7.29. The smallest absolute Gasteiger partial charge is 0.156 e. The number of nitrogens with zero attached hydrogens (tertiary/aromatic N) is 2. The van der Waals surface area contributed by atoms with Crippen LogP contribution in [0.1, 0.15) is 26.2 Å². The quantitative estimate of drug-likeness (QED) is 0.793. The third-order valence-corrected chi connectivity index (χ3v) is 4.45. The molecule has 0 bridgehead atoms.